The molecule has 1 fully saturated rings. The van der Waals surface area contributed by atoms with E-state index in [1.54, 1.807) is 12.1 Å². The van der Waals surface area contributed by atoms with Crippen LogP contribution in [0.25, 0.3) is 0 Å². The summed E-state index contributed by atoms with van der Waals surface area (Å²) in [6, 6.07) is 6.07. The Bertz CT molecular complexity index is 373. The number of aliphatic hydroxyl groups is 1. The van der Waals surface area contributed by atoms with Crippen LogP contribution in [-0.4, -0.2) is 55.6 Å². The van der Waals surface area contributed by atoms with Crippen molar-refractivity contribution in [1.29, 1.82) is 0 Å². The lowest BCUT2D eigenvalue weighted by Gasteiger charge is -2.32. The van der Waals surface area contributed by atoms with Crippen molar-refractivity contribution >= 4 is 0 Å². The normalized spacial score (nSPS) is 20.9. The van der Waals surface area contributed by atoms with E-state index < -0.39 is 0 Å². The van der Waals surface area contributed by atoms with Gasteiger partial charge in [0.1, 0.15) is 24.3 Å². The van der Waals surface area contributed by atoms with Crippen molar-refractivity contribution < 1.29 is 19.0 Å². The van der Waals surface area contributed by atoms with E-state index >= 15 is 0 Å². The summed E-state index contributed by atoms with van der Waals surface area (Å²) in [5, 5.41) is 8.89. The maximum atomic E-state index is 12.9. The molecule has 0 aromatic heterocycles. The number of aliphatic hydroxyl groups excluding tert-OH is 1. The Balaban J connectivity index is 1.79. The van der Waals surface area contributed by atoms with Crippen LogP contribution in [0.4, 0.5) is 4.39 Å². The highest BCUT2D eigenvalue weighted by molar-refractivity contribution is 5.22. The number of hydrogen-bond donors (Lipinski definition) is 1. The summed E-state index contributed by atoms with van der Waals surface area (Å²) in [6.45, 7) is 3.40. The van der Waals surface area contributed by atoms with Crippen molar-refractivity contribution in [2.24, 2.45) is 0 Å². The van der Waals surface area contributed by atoms with Crippen LogP contribution in [0.5, 0.6) is 5.75 Å². The molecule has 1 aliphatic heterocycles. The van der Waals surface area contributed by atoms with Gasteiger partial charge >= 0.3 is 0 Å². The predicted octanol–water partition coefficient (Wildman–Crippen LogP) is 0.898. The molecule has 1 N–H and O–H groups in total. The molecule has 0 bridgehead atoms. The van der Waals surface area contributed by atoms with E-state index in [4.69, 9.17) is 14.6 Å². The van der Waals surface area contributed by atoms with Gasteiger partial charge in [0, 0.05) is 25.7 Å². The average Bonchev–Trinajstić information content (AvgIpc) is 2.37. The minimum Gasteiger partial charge on any atom is -0.491 e. The van der Waals surface area contributed by atoms with Gasteiger partial charge in [-0.1, -0.05) is 6.07 Å². The zero-order valence-electron chi connectivity index (χ0n) is 10.2. The third-order valence-corrected chi connectivity index (χ3v) is 2.87. The van der Waals surface area contributed by atoms with Gasteiger partial charge in [-0.05, 0) is 12.1 Å². The van der Waals surface area contributed by atoms with E-state index in [9.17, 15) is 4.39 Å². The van der Waals surface area contributed by atoms with E-state index in [-0.39, 0.29) is 18.5 Å². The molecule has 0 saturated carbocycles. The molecule has 5 heteroatoms. The second kappa shape index (κ2) is 6.68. The lowest BCUT2D eigenvalue weighted by Crippen LogP contribution is -2.45. The van der Waals surface area contributed by atoms with Crippen LogP contribution in [0.2, 0.25) is 0 Å². The molecule has 1 atom stereocenters. The molecular formula is C13H18FNO3. The molecule has 0 radical (unpaired) electrons. The van der Waals surface area contributed by atoms with Gasteiger partial charge < -0.3 is 14.6 Å². The smallest absolute Gasteiger partial charge is 0.126 e. The zero-order chi connectivity index (χ0) is 12.8. The number of benzene rings is 1. The molecule has 0 spiro atoms. The first kappa shape index (κ1) is 13.3. The highest BCUT2D eigenvalue weighted by Gasteiger charge is 2.20. The molecule has 0 amide bonds. The maximum Gasteiger partial charge on any atom is 0.126 e. The van der Waals surface area contributed by atoms with Crippen molar-refractivity contribution in [3.63, 3.8) is 0 Å². The van der Waals surface area contributed by atoms with Crippen LogP contribution in [0.1, 0.15) is 0 Å². The fraction of sp³-hybridized carbons (Fsp3) is 0.538. The highest BCUT2D eigenvalue weighted by Crippen LogP contribution is 2.13. The van der Waals surface area contributed by atoms with Gasteiger partial charge in [-0.2, -0.15) is 0 Å². The van der Waals surface area contributed by atoms with Gasteiger partial charge in [0.15, 0.2) is 0 Å². The lowest BCUT2D eigenvalue weighted by molar-refractivity contribution is -0.0508. The van der Waals surface area contributed by atoms with Gasteiger partial charge in [-0.25, -0.2) is 4.39 Å². The third kappa shape index (κ3) is 3.94. The molecule has 18 heavy (non-hydrogen) atoms. The van der Waals surface area contributed by atoms with Crippen molar-refractivity contribution in [3.05, 3.63) is 30.1 Å². The number of ether oxygens (including phenoxy) is 2. The molecule has 1 aliphatic rings. The first-order chi connectivity index (χ1) is 8.78. The number of halogens is 1. The van der Waals surface area contributed by atoms with Crippen LogP contribution in [-0.2, 0) is 4.74 Å². The van der Waals surface area contributed by atoms with Crippen LogP contribution in [0, 0.1) is 5.82 Å². The molecular weight excluding hydrogens is 237 g/mol. The number of β-amino-alcohol motifs (C(OH)–C–C–N with tert-alkyl or cyclic N) is 1. The van der Waals surface area contributed by atoms with Crippen molar-refractivity contribution in [1.82, 2.24) is 4.90 Å². The van der Waals surface area contributed by atoms with Gasteiger partial charge in [-0.15, -0.1) is 0 Å². The standard InChI is InChI=1S/C13H18FNO3/c14-11-2-1-3-12(8-11)18-10-13-9-15(4-6-16)5-7-17-13/h1-3,8,13,16H,4-7,9-10H2/t13-/m1/s1. The number of morpholine rings is 1. The largest absolute Gasteiger partial charge is 0.491 e. The van der Waals surface area contributed by atoms with E-state index in [1.165, 1.54) is 12.1 Å². The minimum atomic E-state index is -0.307. The Labute approximate surface area is 106 Å². The quantitative estimate of drug-likeness (QED) is 0.848. The fourth-order valence-electron chi connectivity index (χ4n) is 1.97. The number of nitrogens with zero attached hydrogens (tertiary/aromatic N) is 1. The molecule has 1 aromatic rings. The first-order valence-corrected chi connectivity index (χ1v) is 6.11. The van der Waals surface area contributed by atoms with Crippen LogP contribution < -0.4 is 4.74 Å². The number of rotatable bonds is 5. The molecule has 1 saturated heterocycles. The maximum absolute atomic E-state index is 12.9. The molecule has 0 unspecified atom stereocenters. The summed E-state index contributed by atoms with van der Waals surface area (Å²) in [5.41, 5.74) is 0. The number of hydrogen-bond acceptors (Lipinski definition) is 4. The topological polar surface area (TPSA) is 41.9 Å². The Morgan fingerprint density at radius 3 is 3.17 bits per heavy atom. The van der Waals surface area contributed by atoms with E-state index in [1.807, 2.05) is 0 Å². The monoisotopic (exact) mass is 255 g/mol. The second-order valence-electron chi connectivity index (χ2n) is 4.29. The minimum absolute atomic E-state index is 0.0337. The van der Waals surface area contributed by atoms with Crippen LogP contribution in [0.3, 0.4) is 0 Å². The Morgan fingerprint density at radius 1 is 1.50 bits per heavy atom. The van der Waals surface area contributed by atoms with E-state index in [2.05, 4.69) is 4.90 Å². The second-order valence-corrected chi connectivity index (χ2v) is 4.29. The van der Waals surface area contributed by atoms with Gasteiger partial charge in [0.25, 0.3) is 0 Å². The highest BCUT2D eigenvalue weighted by atomic mass is 19.1. The molecule has 1 aromatic carbocycles. The molecule has 2 rings (SSSR count). The summed E-state index contributed by atoms with van der Waals surface area (Å²) < 4.78 is 24.0. The summed E-state index contributed by atoms with van der Waals surface area (Å²) in [6.07, 6.45) is -0.0337. The van der Waals surface area contributed by atoms with E-state index in [0.29, 0.717) is 25.5 Å². The Hall–Kier alpha value is -1.17. The van der Waals surface area contributed by atoms with Crippen molar-refractivity contribution in [2.45, 2.75) is 6.10 Å². The van der Waals surface area contributed by atoms with Crippen LogP contribution >= 0.6 is 0 Å². The summed E-state index contributed by atoms with van der Waals surface area (Å²) >= 11 is 0. The molecule has 100 valence electrons. The predicted molar refractivity (Wildman–Crippen MR) is 65.2 cm³/mol. The lowest BCUT2D eigenvalue weighted by atomic mass is 10.3. The molecule has 4 nitrogen and oxygen atoms in total. The summed E-state index contributed by atoms with van der Waals surface area (Å²) in [4.78, 5) is 2.13. The summed E-state index contributed by atoms with van der Waals surface area (Å²) in [7, 11) is 0. The fourth-order valence-corrected chi connectivity index (χ4v) is 1.97. The molecule has 0 aliphatic carbocycles. The van der Waals surface area contributed by atoms with Gasteiger partial charge in [0.05, 0.1) is 13.2 Å². The first-order valence-electron chi connectivity index (χ1n) is 6.11. The Morgan fingerprint density at radius 2 is 2.39 bits per heavy atom. The van der Waals surface area contributed by atoms with Gasteiger partial charge in [0.2, 0.25) is 0 Å². The van der Waals surface area contributed by atoms with Gasteiger partial charge in [-0.3, -0.25) is 4.90 Å². The third-order valence-electron chi connectivity index (χ3n) is 2.87. The summed E-state index contributed by atoms with van der Waals surface area (Å²) in [5.74, 6) is 0.205. The Kier molecular flexibility index (Phi) is 4.92. The van der Waals surface area contributed by atoms with Crippen LogP contribution in [0.15, 0.2) is 24.3 Å². The molecule has 1 heterocycles. The van der Waals surface area contributed by atoms with Crippen molar-refractivity contribution in [2.75, 3.05) is 39.5 Å². The van der Waals surface area contributed by atoms with E-state index in [0.717, 1.165) is 13.1 Å². The average molecular weight is 255 g/mol. The SMILES string of the molecule is OCCN1CCO[C@@H](COc2cccc(F)c2)C1. The zero-order valence-corrected chi connectivity index (χ0v) is 10.2. The van der Waals surface area contributed by atoms with Crippen molar-refractivity contribution in [3.8, 4) is 5.75 Å².